The van der Waals surface area contributed by atoms with Crippen LogP contribution in [-0.4, -0.2) is 35.2 Å². The number of benzene rings is 2. The fraction of sp³-hybridized carbons (Fsp3) is 0.308. The van der Waals surface area contributed by atoms with E-state index in [1.54, 1.807) is 18.2 Å². The minimum absolute atomic E-state index is 0.0578. The number of ether oxygens (including phenoxy) is 1. The number of imide groups is 1. The zero-order chi connectivity index (χ0) is 25.1. The Kier molecular flexibility index (Phi) is 4.99. The summed E-state index contributed by atoms with van der Waals surface area (Å²) < 4.78 is 5.53. The summed E-state index contributed by atoms with van der Waals surface area (Å²) in [7, 11) is 0. The lowest BCUT2D eigenvalue weighted by Gasteiger charge is -2.18. The summed E-state index contributed by atoms with van der Waals surface area (Å²) in [4.78, 5) is 64.5. The van der Waals surface area contributed by atoms with Crippen molar-refractivity contribution in [3.63, 3.8) is 0 Å². The summed E-state index contributed by atoms with van der Waals surface area (Å²) in [5, 5.41) is 10.9. The summed E-state index contributed by atoms with van der Waals surface area (Å²) in [6.07, 6.45) is 4.84. The molecule has 2 aromatic carbocycles. The molecule has 0 N–H and O–H groups in total. The molecule has 0 radical (unpaired) electrons. The third kappa shape index (κ3) is 3.40. The van der Waals surface area contributed by atoms with Gasteiger partial charge in [-0.25, -0.2) is 4.90 Å². The van der Waals surface area contributed by atoms with Gasteiger partial charge in [-0.1, -0.05) is 18.2 Å². The van der Waals surface area contributed by atoms with Gasteiger partial charge in [-0.05, 0) is 42.5 Å². The summed E-state index contributed by atoms with van der Waals surface area (Å²) in [5.74, 6) is -2.34. The molecule has 2 aliphatic carbocycles. The van der Waals surface area contributed by atoms with Crippen LogP contribution in [0.25, 0.3) is 0 Å². The topological polar surface area (TPSA) is 127 Å². The highest BCUT2D eigenvalue weighted by atomic mass is 16.6. The molecular weight excluding hydrogens is 466 g/mol. The predicted molar refractivity (Wildman–Crippen MR) is 126 cm³/mol. The largest absolute Gasteiger partial charge is 0.426 e. The van der Waals surface area contributed by atoms with Crippen molar-refractivity contribution in [2.24, 2.45) is 29.6 Å². The number of amides is 3. The fourth-order valence-corrected chi connectivity index (χ4v) is 5.91. The van der Waals surface area contributed by atoms with E-state index in [0.717, 1.165) is 6.42 Å². The van der Waals surface area contributed by atoms with Crippen LogP contribution in [0.2, 0.25) is 0 Å². The number of hydrogen-bond donors (Lipinski definition) is 0. The number of carbonyl (C=O) groups is 4. The predicted octanol–water partition coefficient (Wildman–Crippen LogP) is 2.86. The van der Waals surface area contributed by atoms with E-state index >= 15 is 0 Å². The lowest BCUT2D eigenvalue weighted by Crippen LogP contribution is -2.32. The van der Waals surface area contributed by atoms with E-state index in [1.807, 2.05) is 12.2 Å². The SMILES string of the molecule is O=C(Oc1cccc(N2C(=O)[C@H]3[C@H](C2=O)[C@H]2C=C[C@H]3C2)c1)[C@@H]1CC(=O)N(c2ccc([N+](=O)[O-])cc2)C1. The van der Waals surface area contributed by atoms with E-state index < -0.39 is 16.8 Å². The Morgan fingerprint density at radius 3 is 2.25 bits per heavy atom. The number of hydrogen-bond acceptors (Lipinski definition) is 7. The summed E-state index contributed by atoms with van der Waals surface area (Å²) in [6, 6.07) is 11.8. The number of nitro groups is 1. The van der Waals surface area contributed by atoms with Gasteiger partial charge in [0.15, 0.2) is 0 Å². The second-order valence-corrected chi connectivity index (χ2v) is 9.61. The van der Waals surface area contributed by atoms with Gasteiger partial charge in [0.05, 0.1) is 28.4 Å². The number of carbonyl (C=O) groups excluding carboxylic acids is 4. The van der Waals surface area contributed by atoms with Crippen LogP contribution in [0.1, 0.15) is 12.8 Å². The molecule has 3 fully saturated rings. The quantitative estimate of drug-likeness (QED) is 0.158. The number of fused-ring (bicyclic) bond motifs is 5. The molecule has 2 aromatic rings. The molecule has 1 saturated carbocycles. The fourth-order valence-electron chi connectivity index (χ4n) is 5.91. The first-order chi connectivity index (χ1) is 17.3. The minimum Gasteiger partial charge on any atom is -0.426 e. The summed E-state index contributed by atoms with van der Waals surface area (Å²) in [6.45, 7) is 0.0808. The number of nitrogens with zero attached hydrogens (tertiary/aromatic N) is 3. The molecule has 0 spiro atoms. The second kappa shape index (κ2) is 8.11. The maximum absolute atomic E-state index is 13.1. The molecule has 0 unspecified atom stereocenters. The zero-order valence-electron chi connectivity index (χ0n) is 19.0. The van der Waals surface area contributed by atoms with Gasteiger partial charge >= 0.3 is 5.97 Å². The molecular formula is C26H21N3O7. The van der Waals surface area contributed by atoms with E-state index in [9.17, 15) is 29.3 Å². The number of rotatable bonds is 5. The van der Waals surface area contributed by atoms with Crippen LogP contribution in [0, 0.1) is 39.7 Å². The van der Waals surface area contributed by atoms with Crippen molar-refractivity contribution in [2.75, 3.05) is 16.3 Å². The van der Waals surface area contributed by atoms with Crippen molar-refractivity contribution < 1.29 is 28.8 Å². The Hall–Kier alpha value is -4.34. The standard InChI is InChI=1S/C26H21N3O7/c30-21-11-16(13-27(21)17-6-8-18(9-7-17)29(34)35)26(33)36-20-3-1-2-19(12-20)28-24(31)22-14-4-5-15(10-14)23(22)25(28)32/h1-9,12,14-16,22-23H,10-11,13H2/t14-,15-,16+,22+,23+/m0/s1. The number of nitro benzene ring substituents is 1. The maximum atomic E-state index is 13.1. The molecule has 2 heterocycles. The molecule has 10 nitrogen and oxygen atoms in total. The van der Waals surface area contributed by atoms with Gasteiger partial charge in [0.1, 0.15) is 5.75 Å². The summed E-state index contributed by atoms with van der Waals surface area (Å²) >= 11 is 0. The average molecular weight is 487 g/mol. The smallest absolute Gasteiger partial charge is 0.316 e. The van der Waals surface area contributed by atoms with E-state index in [1.165, 1.54) is 40.1 Å². The monoisotopic (exact) mass is 487 g/mol. The lowest BCUT2D eigenvalue weighted by molar-refractivity contribution is -0.384. The van der Waals surface area contributed by atoms with Gasteiger partial charge < -0.3 is 9.64 Å². The molecule has 10 heteroatoms. The maximum Gasteiger partial charge on any atom is 0.316 e. The van der Waals surface area contributed by atoms with Crippen LogP contribution in [0.5, 0.6) is 5.75 Å². The van der Waals surface area contributed by atoms with Crippen LogP contribution in [0.15, 0.2) is 60.7 Å². The van der Waals surface area contributed by atoms with E-state index in [2.05, 4.69) is 0 Å². The Balaban J connectivity index is 1.15. The van der Waals surface area contributed by atoms with Crippen LogP contribution in [0.4, 0.5) is 17.1 Å². The van der Waals surface area contributed by atoms with Gasteiger partial charge in [-0.3, -0.25) is 29.3 Å². The Morgan fingerprint density at radius 2 is 1.61 bits per heavy atom. The molecule has 3 amide bonds. The number of esters is 1. The molecule has 6 rings (SSSR count). The molecule has 36 heavy (non-hydrogen) atoms. The lowest BCUT2D eigenvalue weighted by atomic mass is 9.85. The normalized spacial score (nSPS) is 28.2. The summed E-state index contributed by atoms with van der Waals surface area (Å²) in [5.41, 5.74) is 0.728. The minimum atomic E-state index is -0.729. The van der Waals surface area contributed by atoms with E-state index in [0.29, 0.717) is 11.4 Å². The first kappa shape index (κ1) is 22.1. The van der Waals surface area contributed by atoms with Crippen molar-refractivity contribution in [3.05, 3.63) is 70.8 Å². The molecule has 5 atom stereocenters. The highest BCUT2D eigenvalue weighted by Gasteiger charge is 2.59. The second-order valence-electron chi connectivity index (χ2n) is 9.61. The number of non-ortho nitro benzene ring substituents is 1. The Morgan fingerprint density at radius 1 is 0.944 bits per heavy atom. The van der Waals surface area contributed by atoms with Crippen LogP contribution >= 0.6 is 0 Å². The van der Waals surface area contributed by atoms with Crippen LogP contribution < -0.4 is 14.5 Å². The number of allylic oxidation sites excluding steroid dienone is 2. The first-order valence-electron chi connectivity index (χ1n) is 11.7. The highest BCUT2D eigenvalue weighted by Crippen LogP contribution is 2.53. The van der Waals surface area contributed by atoms with Crippen LogP contribution in [-0.2, 0) is 19.2 Å². The molecule has 182 valence electrons. The van der Waals surface area contributed by atoms with E-state index in [4.69, 9.17) is 4.74 Å². The Bertz CT molecular complexity index is 1320. The van der Waals surface area contributed by atoms with Gasteiger partial charge in [-0.2, -0.15) is 0 Å². The van der Waals surface area contributed by atoms with Crippen molar-refractivity contribution >= 4 is 40.8 Å². The van der Waals surface area contributed by atoms with Crippen molar-refractivity contribution in [2.45, 2.75) is 12.8 Å². The number of anilines is 2. The van der Waals surface area contributed by atoms with Crippen molar-refractivity contribution in [1.29, 1.82) is 0 Å². The highest BCUT2D eigenvalue weighted by molar-refractivity contribution is 6.22. The third-order valence-electron chi connectivity index (χ3n) is 7.60. The Labute approximate surface area is 205 Å². The first-order valence-corrected chi connectivity index (χ1v) is 11.7. The molecule has 4 aliphatic rings. The molecule has 2 aliphatic heterocycles. The van der Waals surface area contributed by atoms with Gasteiger partial charge in [0, 0.05) is 36.9 Å². The molecule has 2 bridgehead atoms. The van der Waals surface area contributed by atoms with Crippen molar-refractivity contribution in [3.8, 4) is 5.75 Å². The third-order valence-corrected chi connectivity index (χ3v) is 7.60. The molecule has 2 saturated heterocycles. The van der Waals surface area contributed by atoms with Crippen LogP contribution in [0.3, 0.4) is 0 Å². The van der Waals surface area contributed by atoms with Gasteiger partial charge in [-0.15, -0.1) is 0 Å². The molecule has 0 aromatic heterocycles. The van der Waals surface area contributed by atoms with E-state index in [-0.39, 0.29) is 65.8 Å². The van der Waals surface area contributed by atoms with Crippen molar-refractivity contribution in [1.82, 2.24) is 0 Å². The zero-order valence-corrected chi connectivity index (χ0v) is 19.0. The van der Waals surface area contributed by atoms with Gasteiger partial charge in [0.2, 0.25) is 17.7 Å². The average Bonchev–Trinajstić information content (AvgIpc) is 3.63. The van der Waals surface area contributed by atoms with Gasteiger partial charge in [0.25, 0.3) is 5.69 Å².